The van der Waals surface area contributed by atoms with Crippen LogP contribution in [-0.2, 0) is 0 Å². The molecule has 0 fully saturated rings. The Morgan fingerprint density at radius 2 is 2.00 bits per heavy atom. The zero-order valence-electron chi connectivity index (χ0n) is 11.1. The normalized spacial score (nSPS) is 14.4. The molecule has 0 saturated heterocycles. The first-order valence-corrected chi connectivity index (χ1v) is 7.07. The molecule has 2 nitrogen and oxygen atoms in total. The highest BCUT2D eigenvalue weighted by atomic mass is 79.9. The predicted octanol–water partition coefficient (Wildman–Crippen LogP) is 4.30. The first-order valence-electron chi connectivity index (χ1n) is 6.27. The molecule has 0 bridgehead atoms. The second-order valence-electron chi connectivity index (χ2n) is 4.30. The van der Waals surface area contributed by atoms with Crippen LogP contribution in [0.2, 0.25) is 0 Å². The van der Waals surface area contributed by atoms with Gasteiger partial charge in [-0.15, -0.1) is 0 Å². The largest absolute Gasteiger partial charge is 0.491 e. The van der Waals surface area contributed by atoms with E-state index in [9.17, 15) is 0 Å². The van der Waals surface area contributed by atoms with E-state index in [0.29, 0.717) is 6.04 Å². The van der Waals surface area contributed by atoms with Crippen molar-refractivity contribution in [3.8, 4) is 5.75 Å². The van der Waals surface area contributed by atoms with Gasteiger partial charge in [0.25, 0.3) is 0 Å². The average Bonchev–Trinajstić information content (AvgIpc) is 2.29. The molecule has 1 N–H and O–H groups in total. The van der Waals surface area contributed by atoms with Gasteiger partial charge >= 0.3 is 0 Å². The molecular weight excluding hydrogens is 278 g/mol. The van der Waals surface area contributed by atoms with Gasteiger partial charge < -0.3 is 10.1 Å². The Bertz CT molecular complexity index is 354. The molecule has 0 aromatic heterocycles. The highest BCUT2D eigenvalue weighted by Gasteiger charge is 2.10. The van der Waals surface area contributed by atoms with Crippen LogP contribution in [0.3, 0.4) is 0 Å². The molecule has 1 aromatic carbocycles. The Morgan fingerprint density at radius 3 is 2.53 bits per heavy atom. The van der Waals surface area contributed by atoms with E-state index in [1.54, 1.807) is 0 Å². The summed E-state index contributed by atoms with van der Waals surface area (Å²) in [5.41, 5.74) is 1.27. The Balaban J connectivity index is 2.78. The van der Waals surface area contributed by atoms with Crippen molar-refractivity contribution in [3.63, 3.8) is 0 Å². The van der Waals surface area contributed by atoms with Gasteiger partial charge in [0.05, 0.1) is 6.10 Å². The second-order valence-corrected chi connectivity index (χ2v) is 5.15. The number of halogens is 1. The van der Waals surface area contributed by atoms with Gasteiger partial charge in [-0.3, -0.25) is 0 Å². The zero-order valence-corrected chi connectivity index (χ0v) is 12.7. The van der Waals surface area contributed by atoms with Crippen LogP contribution in [0.25, 0.3) is 0 Å². The summed E-state index contributed by atoms with van der Waals surface area (Å²) in [6.45, 7) is 9.47. The van der Waals surface area contributed by atoms with E-state index < -0.39 is 0 Å². The standard InChI is InChI=1S/C14H22BrNO/c1-5-10(3)17-12-7-8-13(14(15)9-12)11(4)16-6-2/h7-11,16H,5-6H2,1-4H3. The van der Waals surface area contributed by atoms with Gasteiger partial charge in [0.2, 0.25) is 0 Å². The quantitative estimate of drug-likeness (QED) is 0.846. The molecule has 0 heterocycles. The fourth-order valence-electron chi connectivity index (χ4n) is 1.66. The zero-order chi connectivity index (χ0) is 12.8. The lowest BCUT2D eigenvalue weighted by atomic mass is 10.1. The van der Waals surface area contributed by atoms with Crippen molar-refractivity contribution in [1.29, 1.82) is 0 Å². The summed E-state index contributed by atoms with van der Waals surface area (Å²) in [6, 6.07) is 6.57. The maximum atomic E-state index is 5.79. The summed E-state index contributed by atoms with van der Waals surface area (Å²) in [6.07, 6.45) is 1.28. The van der Waals surface area contributed by atoms with Crippen molar-refractivity contribution in [2.24, 2.45) is 0 Å². The summed E-state index contributed by atoms with van der Waals surface area (Å²) in [7, 11) is 0. The molecule has 0 radical (unpaired) electrons. The number of hydrogen-bond acceptors (Lipinski definition) is 2. The third-order valence-corrected chi connectivity index (χ3v) is 3.55. The number of rotatable bonds is 6. The van der Waals surface area contributed by atoms with Gasteiger partial charge in [0.1, 0.15) is 5.75 Å². The first-order chi connectivity index (χ1) is 8.08. The fraction of sp³-hybridized carbons (Fsp3) is 0.571. The van der Waals surface area contributed by atoms with Crippen LogP contribution in [0, 0.1) is 0 Å². The molecule has 17 heavy (non-hydrogen) atoms. The van der Waals surface area contributed by atoms with Gasteiger partial charge in [-0.2, -0.15) is 0 Å². The van der Waals surface area contributed by atoms with Crippen LogP contribution in [0.4, 0.5) is 0 Å². The van der Waals surface area contributed by atoms with Gasteiger partial charge in [-0.1, -0.05) is 35.8 Å². The lowest BCUT2D eigenvalue weighted by Crippen LogP contribution is -2.18. The average molecular weight is 300 g/mol. The van der Waals surface area contributed by atoms with Crippen LogP contribution >= 0.6 is 15.9 Å². The monoisotopic (exact) mass is 299 g/mol. The van der Waals surface area contributed by atoms with Crippen LogP contribution < -0.4 is 10.1 Å². The topological polar surface area (TPSA) is 21.3 Å². The number of benzene rings is 1. The molecular formula is C14H22BrNO. The van der Waals surface area contributed by atoms with Crippen molar-refractivity contribution in [2.75, 3.05) is 6.54 Å². The van der Waals surface area contributed by atoms with Gasteiger partial charge in [-0.25, -0.2) is 0 Å². The van der Waals surface area contributed by atoms with Gasteiger partial charge in [0.15, 0.2) is 0 Å². The summed E-state index contributed by atoms with van der Waals surface area (Å²) in [5.74, 6) is 0.929. The Kier molecular flexibility index (Phi) is 6.00. The molecule has 2 atom stereocenters. The van der Waals surface area contributed by atoms with Crippen molar-refractivity contribution in [2.45, 2.75) is 46.3 Å². The molecule has 0 spiro atoms. The second kappa shape index (κ2) is 7.02. The Hall–Kier alpha value is -0.540. The smallest absolute Gasteiger partial charge is 0.120 e. The summed E-state index contributed by atoms with van der Waals surface area (Å²) in [4.78, 5) is 0. The number of hydrogen-bond donors (Lipinski definition) is 1. The van der Waals surface area contributed by atoms with E-state index in [0.717, 1.165) is 23.2 Å². The lowest BCUT2D eigenvalue weighted by molar-refractivity contribution is 0.217. The van der Waals surface area contributed by atoms with E-state index in [1.807, 2.05) is 6.07 Å². The van der Waals surface area contributed by atoms with Crippen molar-refractivity contribution in [1.82, 2.24) is 5.32 Å². The third kappa shape index (κ3) is 4.32. The highest BCUT2D eigenvalue weighted by Crippen LogP contribution is 2.28. The number of nitrogens with one attached hydrogen (secondary N) is 1. The first kappa shape index (κ1) is 14.5. The van der Waals surface area contributed by atoms with Crippen LogP contribution in [0.5, 0.6) is 5.75 Å². The van der Waals surface area contributed by atoms with Crippen molar-refractivity contribution >= 4 is 15.9 Å². The minimum atomic E-state index is 0.263. The Morgan fingerprint density at radius 1 is 1.29 bits per heavy atom. The van der Waals surface area contributed by atoms with E-state index >= 15 is 0 Å². The Labute approximate surface area is 113 Å². The maximum absolute atomic E-state index is 5.79. The van der Waals surface area contributed by atoms with E-state index in [2.05, 4.69) is 61.1 Å². The molecule has 3 heteroatoms. The molecule has 1 rings (SSSR count). The van der Waals surface area contributed by atoms with Gasteiger partial charge in [-0.05, 0) is 44.5 Å². The van der Waals surface area contributed by atoms with Crippen molar-refractivity contribution in [3.05, 3.63) is 28.2 Å². The molecule has 1 aromatic rings. The van der Waals surface area contributed by atoms with Crippen LogP contribution in [0.1, 0.15) is 45.7 Å². The minimum Gasteiger partial charge on any atom is -0.491 e. The third-order valence-electron chi connectivity index (χ3n) is 2.86. The molecule has 96 valence electrons. The van der Waals surface area contributed by atoms with Crippen molar-refractivity contribution < 1.29 is 4.74 Å². The summed E-state index contributed by atoms with van der Waals surface area (Å²) in [5, 5.41) is 3.40. The fourth-order valence-corrected chi connectivity index (χ4v) is 2.37. The lowest BCUT2D eigenvalue weighted by Gasteiger charge is -2.17. The highest BCUT2D eigenvalue weighted by molar-refractivity contribution is 9.10. The summed E-state index contributed by atoms with van der Waals surface area (Å²) >= 11 is 3.61. The SMILES string of the molecule is CCNC(C)c1ccc(OC(C)CC)cc1Br. The van der Waals surface area contributed by atoms with E-state index in [4.69, 9.17) is 4.74 Å². The molecule has 0 aliphatic rings. The van der Waals surface area contributed by atoms with Crippen LogP contribution in [-0.4, -0.2) is 12.6 Å². The maximum Gasteiger partial charge on any atom is 0.120 e. The molecule has 2 unspecified atom stereocenters. The minimum absolute atomic E-state index is 0.263. The summed E-state index contributed by atoms with van der Waals surface area (Å²) < 4.78 is 6.89. The number of ether oxygens (including phenoxy) is 1. The molecule has 0 amide bonds. The van der Waals surface area contributed by atoms with E-state index in [1.165, 1.54) is 5.56 Å². The van der Waals surface area contributed by atoms with Crippen LogP contribution in [0.15, 0.2) is 22.7 Å². The molecule has 0 aliphatic carbocycles. The molecule has 0 aliphatic heterocycles. The van der Waals surface area contributed by atoms with E-state index in [-0.39, 0.29) is 6.10 Å². The predicted molar refractivity (Wildman–Crippen MR) is 76.6 cm³/mol. The van der Waals surface area contributed by atoms with Gasteiger partial charge in [0, 0.05) is 10.5 Å². The molecule has 0 saturated carbocycles.